The summed E-state index contributed by atoms with van der Waals surface area (Å²) in [6.07, 6.45) is 0. The molecule has 0 aromatic heterocycles. The minimum atomic E-state index is -2.28. The average Bonchev–Trinajstić information content (AvgIpc) is 3.12. The Morgan fingerprint density at radius 2 is 1.52 bits per heavy atom. The van der Waals surface area contributed by atoms with Gasteiger partial charge in [0.15, 0.2) is 5.76 Å². The lowest BCUT2D eigenvalue weighted by Gasteiger charge is -2.33. The number of rotatable bonds is 3. The van der Waals surface area contributed by atoms with Crippen molar-refractivity contribution in [1.29, 1.82) is 0 Å². The summed E-state index contributed by atoms with van der Waals surface area (Å²) < 4.78 is 4.69. The van der Waals surface area contributed by atoms with E-state index in [2.05, 4.69) is 5.32 Å². The normalized spacial score (nSPS) is 21.2. The number of ether oxygens (including phenoxy) is 1. The monoisotopic (exact) mass is 393 g/mol. The van der Waals surface area contributed by atoms with Crippen LogP contribution in [0, 0.1) is 0 Å². The van der Waals surface area contributed by atoms with Crippen molar-refractivity contribution in [1.82, 2.24) is 5.32 Å². The number of carbonyl (C=O) groups is 4. The summed E-state index contributed by atoms with van der Waals surface area (Å²) >= 11 is 0. The van der Waals surface area contributed by atoms with E-state index in [4.69, 9.17) is 4.74 Å². The number of aliphatic hydroxyl groups excluding tert-OH is 1. The van der Waals surface area contributed by atoms with Crippen molar-refractivity contribution in [3.63, 3.8) is 0 Å². The van der Waals surface area contributed by atoms with E-state index in [9.17, 15) is 24.3 Å². The predicted octanol–water partition coefficient (Wildman–Crippen LogP) is 1.47. The number of esters is 1. The maximum Gasteiger partial charge on any atom is 0.342 e. The lowest BCUT2D eigenvalue weighted by atomic mass is 9.99. The number of urea groups is 1. The predicted molar refractivity (Wildman–Crippen MR) is 101 cm³/mol. The Morgan fingerprint density at radius 1 is 0.966 bits per heavy atom. The Balaban J connectivity index is 1.95. The maximum atomic E-state index is 13.5. The van der Waals surface area contributed by atoms with Crippen LogP contribution in [0.3, 0.4) is 0 Å². The first-order valence-corrected chi connectivity index (χ1v) is 8.57. The number of imide groups is 1. The van der Waals surface area contributed by atoms with Gasteiger partial charge >= 0.3 is 12.0 Å². The van der Waals surface area contributed by atoms with Crippen LogP contribution in [0.25, 0.3) is 0 Å². The number of aliphatic hydroxyl groups is 1. The number of para-hydroxylation sites is 2. The number of hydrogen-bond acceptors (Lipinski definition) is 6. The van der Waals surface area contributed by atoms with E-state index in [0.29, 0.717) is 0 Å². The van der Waals surface area contributed by atoms with Gasteiger partial charge in [0.25, 0.3) is 11.8 Å². The van der Waals surface area contributed by atoms with Crippen LogP contribution in [0.15, 0.2) is 72.0 Å². The second-order valence-corrected chi connectivity index (χ2v) is 6.31. The second kappa shape index (κ2) is 6.48. The van der Waals surface area contributed by atoms with E-state index in [-0.39, 0.29) is 11.4 Å². The molecule has 1 fully saturated rings. The van der Waals surface area contributed by atoms with E-state index in [1.807, 2.05) is 0 Å². The number of anilines is 2. The molecule has 2 aromatic carbocycles. The lowest BCUT2D eigenvalue weighted by molar-refractivity contribution is -0.138. The molecule has 29 heavy (non-hydrogen) atoms. The Labute approximate surface area is 164 Å². The molecule has 4 amide bonds. The van der Waals surface area contributed by atoms with Crippen molar-refractivity contribution >= 4 is 35.2 Å². The molecule has 1 saturated heterocycles. The summed E-state index contributed by atoms with van der Waals surface area (Å²) in [4.78, 5) is 53.4. The molecule has 2 aliphatic rings. The standard InChI is InChI=1S/C20H15N3O6/c1-29-17(26)14-15(24)16(25)23(13-10-6-3-7-11-13)20(14)18(27)22(19(28)21-20)12-8-4-2-5-9-12/h2-11,24H,1H3,(H,21,28). The summed E-state index contributed by atoms with van der Waals surface area (Å²) in [6.45, 7) is 0. The third-order valence-corrected chi connectivity index (χ3v) is 4.76. The molecular formula is C20H15N3O6. The van der Waals surface area contributed by atoms with Gasteiger partial charge in [-0.25, -0.2) is 14.5 Å². The number of methoxy groups -OCH3 is 1. The lowest BCUT2D eigenvalue weighted by Crippen LogP contribution is -2.62. The summed E-state index contributed by atoms with van der Waals surface area (Å²) in [5.41, 5.74) is -2.48. The molecule has 2 aliphatic heterocycles. The average molecular weight is 393 g/mol. The van der Waals surface area contributed by atoms with Gasteiger partial charge in [-0.3, -0.25) is 14.5 Å². The van der Waals surface area contributed by atoms with Crippen LogP contribution in [0.4, 0.5) is 16.2 Å². The summed E-state index contributed by atoms with van der Waals surface area (Å²) in [5, 5.41) is 12.9. The van der Waals surface area contributed by atoms with E-state index in [1.165, 1.54) is 24.3 Å². The quantitative estimate of drug-likeness (QED) is 0.603. The molecule has 9 nitrogen and oxygen atoms in total. The number of benzene rings is 2. The topological polar surface area (TPSA) is 116 Å². The van der Waals surface area contributed by atoms with Crippen LogP contribution in [-0.2, 0) is 19.1 Å². The highest BCUT2D eigenvalue weighted by Gasteiger charge is 2.67. The van der Waals surface area contributed by atoms with Crippen molar-refractivity contribution in [3.8, 4) is 0 Å². The Kier molecular flexibility index (Phi) is 4.08. The Bertz CT molecular complexity index is 1070. The minimum Gasteiger partial charge on any atom is -0.503 e. The fraction of sp³-hybridized carbons (Fsp3) is 0.100. The molecule has 146 valence electrons. The summed E-state index contributed by atoms with van der Waals surface area (Å²) in [6, 6.07) is 15.1. The van der Waals surface area contributed by atoms with Crippen molar-refractivity contribution in [3.05, 3.63) is 72.0 Å². The molecule has 2 N–H and O–H groups in total. The molecule has 0 aliphatic carbocycles. The molecule has 9 heteroatoms. The first kappa shape index (κ1) is 18.2. The first-order valence-electron chi connectivity index (χ1n) is 8.57. The van der Waals surface area contributed by atoms with Gasteiger partial charge in [0.1, 0.15) is 5.57 Å². The highest BCUT2D eigenvalue weighted by Crippen LogP contribution is 2.42. The van der Waals surface area contributed by atoms with E-state index in [0.717, 1.165) is 16.9 Å². The summed E-state index contributed by atoms with van der Waals surface area (Å²) in [5.74, 6) is -4.02. The van der Waals surface area contributed by atoms with Crippen LogP contribution in [0.1, 0.15) is 0 Å². The maximum absolute atomic E-state index is 13.5. The molecule has 1 unspecified atom stereocenters. The van der Waals surface area contributed by atoms with Crippen LogP contribution in [-0.4, -0.2) is 41.7 Å². The van der Waals surface area contributed by atoms with Gasteiger partial charge in [0, 0.05) is 5.69 Å². The van der Waals surface area contributed by atoms with Gasteiger partial charge < -0.3 is 15.2 Å². The highest BCUT2D eigenvalue weighted by molar-refractivity contribution is 6.33. The molecule has 0 bridgehead atoms. The zero-order valence-corrected chi connectivity index (χ0v) is 15.2. The number of carbonyl (C=O) groups excluding carboxylic acids is 4. The van der Waals surface area contributed by atoms with Gasteiger partial charge in [-0.2, -0.15) is 0 Å². The van der Waals surface area contributed by atoms with Crippen LogP contribution in [0.2, 0.25) is 0 Å². The van der Waals surface area contributed by atoms with Crippen LogP contribution in [0.5, 0.6) is 0 Å². The fourth-order valence-electron chi connectivity index (χ4n) is 3.53. The Hall–Kier alpha value is -4.14. The van der Waals surface area contributed by atoms with Gasteiger partial charge in [0.05, 0.1) is 12.8 Å². The molecule has 2 aromatic rings. The minimum absolute atomic E-state index is 0.200. The van der Waals surface area contributed by atoms with Gasteiger partial charge in [-0.05, 0) is 24.3 Å². The zero-order valence-electron chi connectivity index (χ0n) is 15.2. The number of nitrogens with one attached hydrogen (secondary N) is 1. The zero-order chi connectivity index (χ0) is 20.8. The van der Waals surface area contributed by atoms with Crippen molar-refractivity contribution in [2.24, 2.45) is 0 Å². The molecule has 1 spiro atoms. The van der Waals surface area contributed by atoms with E-state index < -0.39 is 40.8 Å². The van der Waals surface area contributed by atoms with Crippen molar-refractivity contribution in [2.45, 2.75) is 5.66 Å². The molecular weight excluding hydrogens is 378 g/mol. The fourth-order valence-corrected chi connectivity index (χ4v) is 3.53. The SMILES string of the molecule is COC(=O)C1=C(O)C(=O)N(c2ccccc2)C12NC(=O)N(c1ccccc1)C2=O. The van der Waals surface area contributed by atoms with Gasteiger partial charge in [-0.1, -0.05) is 36.4 Å². The van der Waals surface area contributed by atoms with Crippen molar-refractivity contribution in [2.75, 3.05) is 16.9 Å². The largest absolute Gasteiger partial charge is 0.503 e. The third kappa shape index (κ3) is 2.40. The molecule has 0 saturated carbocycles. The smallest absolute Gasteiger partial charge is 0.342 e. The van der Waals surface area contributed by atoms with E-state index in [1.54, 1.807) is 36.4 Å². The molecule has 0 radical (unpaired) electrons. The van der Waals surface area contributed by atoms with Crippen LogP contribution < -0.4 is 15.1 Å². The summed E-state index contributed by atoms with van der Waals surface area (Å²) in [7, 11) is 1.04. The number of nitrogens with zero attached hydrogens (tertiary/aromatic N) is 2. The molecule has 2 heterocycles. The number of amides is 4. The van der Waals surface area contributed by atoms with Gasteiger partial charge in [0.2, 0.25) is 5.66 Å². The highest BCUT2D eigenvalue weighted by atomic mass is 16.5. The van der Waals surface area contributed by atoms with Gasteiger partial charge in [-0.15, -0.1) is 0 Å². The third-order valence-electron chi connectivity index (χ3n) is 4.76. The first-order chi connectivity index (χ1) is 13.9. The number of hydrogen-bond donors (Lipinski definition) is 2. The van der Waals surface area contributed by atoms with Crippen molar-refractivity contribution < 1.29 is 29.0 Å². The molecule has 4 rings (SSSR count). The van der Waals surface area contributed by atoms with E-state index >= 15 is 0 Å². The second-order valence-electron chi connectivity index (χ2n) is 6.31. The Morgan fingerprint density at radius 3 is 2.07 bits per heavy atom. The van der Waals surface area contributed by atoms with Crippen LogP contribution >= 0.6 is 0 Å². The molecule has 1 atom stereocenters.